The van der Waals surface area contributed by atoms with Crippen molar-refractivity contribution < 1.29 is 9.15 Å². The molecule has 0 bridgehead atoms. The van der Waals surface area contributed by atoms with Gasteiger partial charge in [-0.2, -0.15) is 0 Å². The zero-order valence-electron chi connectivity index (χ0n) is 28.1. The molecule has 242 valence electrons. The van der Waals surface area contributed by atoms with E-state index in [0.29, 0.717) is 21.9 Å². The van der Waals surface area contributed by atoms with Crippen molar-refractivity contribution in [2.24, 2.45) is 0 Å². The van der Waals surface area contributed by atoms with Gasteiger partial charge in [-0.15, -0.1) is 0 Å². The fourth-order valence-electron chi connectivity index (χ4n) is 9.31. The summed E-state index contributed by atoms with van der Waals surface area (Å²) in [4.78, 5) is 16.8. The topological polar surface area (TPSA) is 42.7 Å². The van der Waals surface area contributed by atoms with E-state index in [0.717, 1.165) is 50.8 Å². The van der Waals surface area contributed by atoms with Crippen molar-refractivity contribution in [1.82, 2.24) is 0 Å². The van der Waals surface area contributed by atoms with E-state index in [4.69, 9.17) is 9.15 Å². The Bertz CT molecular complexity index is 2820. The molecule has 0 radical (unpaired) electrons. The second-order valence-corrected chi connectivity index (χ2v) is 14.4. The van der Waals surface area contributed by atoms with E-state index >= 15 is 0 Å². The Balaban J connectivity index is 1.31. The molecule has 11 rings (SSSR count). The Morgan fingerprint density at radius 3 is 1.88 bits per heavy atom. The van der Waals surface area contributed by atoms with Crippen LogP contribution in [0, 0.1) is 0 Å². The van der Waals surface area contributed by atoms with Gasteiger partial charge >= 0.3 is 0 Å². The first-order valence-electron chi connectivity index (χ1n) is 17.5. The highest BCUT2D eigenvalue weighted by atomic mass is 16.5. The van der Waals surface area contributed by atoms with Crippen LogP contribution in [0.2, 0.25) is 0 Å². The van der Waals surface area contributed by atoms with Crippen molar-refractivity contribution in [1.29, 1.82) is 0 Å². The van der Waals surface area contributed by atoms with Gasteiger partial charge < -0.3 is 14.1 Å². The molecule has 3 heterocycles. The van der Waals surface area contributed by atoms with Gasteiger partial charge in [0.25, 0.3) is 0 Å². The summed E-state index contributed by atoms with van der Waals surface area (Å²) in [6, 6.07) is 52.7. The lowest BCUT2D eigenvalue weighted by Crippen LogP contribution is -2.37. The number of fused-ring (bicyclic) bond motifs is 13. The average molecular weight is 658 g/mol. The van der Waals surface area contributed by atoms with Gasteiger partial charge in [-0.25, -0.2) is 0 Å². The van der Waals surface area contributed by atoms with E-state index in [1.54, 1.807) is 0 Å². The van der Waals surface area contributed by atoms with Crippen LogP contribution in [0.1, 0.15) is 47.2 Å². The Morgan fingerprint density at radius 2 is 1.10 bits per heavy atom. The number of rotatable bonds is 1. The lowest BCUT2D eigenvalue weighted by atomic mass is 9.63. The molecule has 1 aliphatic carbocycles. The highest BCUT2D eigenvalue weighted by molar-refractivity contribution is 6.04. The van der Waals surface area contributed by atoms with Crippen LogP contribution in [0.15, 0.2) is 161 Å². The van der Waals surface area contributed by atoms with Gasteiger partial charge in [0, 0.05) is 22.6 Å². The Hall–Kier alpha value is -6.39. The van der Waals surface area contributed by atoms with Gasteiger partial charge in [0.05, 0.1) is 33.2 Å². The predicted octanol–water partition coefficient (Wildman–Crippen LogP) is 11.5. The first-order chi connectivity index (χ1) is 25.0. The molecule has 0 N–H and O–H groups in total. The molecule has 7 aromatic carbocycles. The molecule has 51 heavy (non-hydrogen) atoms. The van der Waals surface area contributed by atoms with E-state index in [9.17, 15) is 4.79 Å². The third kappa shape index (κ3) is 3.51. The Morgan fingerprint density at radius 1 is 0.490 bits per heavy atom. The normalized spacial score (nSPS) is 15.4. The second kappa shape index (κ2) is 9.86. The van der Waals surface area contributed by atoms with Crippen molar-refractivity contribution in [2.45, 2.75) is 24.7 Å². The summed E-state index contributed by atoms with van der Waals surface area (Å²) in [5, 5.41) is 1.11. The van der Waals surface area contributed by atoms with Crippen LogP contribution < -0.4 is 15.1 Å². The largest absolute Gasteiger partial charge is 0.457 e. The zero-order valence-corrected chi connectivity index (χ0v) is 28.1. The second-order valence-electron chi connectivity index (χ2n) is 14.4. The smallest absolute Gasteiger partial charge is 0.202 e. The molecule has 0 atom stereocenters. The summed E-state index contributed by atoms with van der Waals surface area (Å²) in [6.45, 7) is 4.58. The maximum atomic E-state index is 14.5. The first kappa shape index (κ1) is 28.4. The van der Waals surface area contributed by atoms with E-state index < -0.39 is 5.41 Å². The fraction of sp³-hybridized carbons (Fsp3) is 0.0851. The van der Waals surface area contributed by atoms with Crippen molar-refractivity contribution in [3.63, 3.8) is 0 Å². The van der Waals surface area contributed by atoms with Crippen LogP contribution in [-0.2, 0) is 10.8 Å². The highest BCUT2D eigenvalue weighted by Crippen LogP contribution is 2.65. The molecule has 1 spiro atoms. The van der Waals surface area contributed by atoms with E-state index in [-0.39, 0.29) is 10.8 Å². The minimum Gasteiger partial charge on any atom is -0.457 e. The van der Waals surface area contributed by atoms with Gasteiger partial charge in [-0.05, 0) is 75.8 Å². The molecule has 3 aliphatic rings. The van der Waals surface area contributed by atoms with Crippen molar-refractivity contribution in [3.05, 3.63) is 195 Å². The van der Waals surface area contributed by atoms with Crippen LogP contribution in [0.4, 0.5) is 17.1 Å². The van der Waals surface area contributed by atoms with Crippen LogP contribution in [0.25, 0.3) is 33.1 Å². The molecule has 0 unspecified atom stereocenters. The number of hydrogen-bond donors (Lipinski definition) is 0. The molecule has 0 saturated heterocycles. The first-order valence-corrected chi connectivity index (χ1v) is 17.5. The number of ether oxygens (including phenoxy) is 1. The summed E-state index contributed by atoms with van der Waals surface area (Å²) in [6.07, 6.45) is 0. The molecule has 0 saturated carbocycles. The summed E-state index contributed by atoms with van der Waals surface area (Å²) in [5.74, 6) is 1.68. The molecule has 0 fully saturated rings. The number of nitrogens with zero attached hydrogens (tertiary/aromatic N) is 1. The van der Waals surface area contributed by atoms with Gasteiger partial charge in [0.2, 0.25) is 5.43 Å². The van der Waals surface area contributed by atoms with E-state index in [1.807, 2.05) is 48.5 Å². The third-order valence-corrected chi connectivity index (χ3v) is 11.5. The minimum atomic E-state index is -0.625. The standard InChI is InChI=1S/C47H31NO3/c1-46(2)34-20-9-12-24-41(34)51-43-27-39-35(26-36(43)46)47(31-17-6-3-14-28(31)29-15-4-7-18-32(29)47)33-19-8-10-21-37(33)48(39)38-22-13-25-42-44(38)45(49)30-16-5-11-23-40(30)50-42/h3-27H,1-2H3. The van der Waals surface area contributed by atoms with Crippen LogP contribution in [0.3, 0.4) is 0 Å². The molecule has 4 heteroatoms. The Labute approximate surface area is 294 Å². The molecule has 1 aromatic heterocycles. The monoisotopic (exact) mass is 657 g/mol. The molecule has 2 aliphatic heterocycles. The number of hydrogen-bond acceptors (Lipinski definition) is 4. The number of anilines is 3. The van der Waals surface area contributed by atoms with E-state index in [1.165, 1.54) is 22.3 Å². The zero-order chi connectivity index (χ0) is 34.1. The van der Waals surface area contributed by atoms with Crippen LogP contribution >= 0.6 is 0 Å². The lowest BCUT2D eigenvalue weighted by molar-refractivity contribution is 0.417. The third-order valence-electron chi connectivity index (χ3n) is 11.5. The van der Waals surface area contributed by atoms with Gasteiger partial charge in [-0.3, -0.25) is 4.79 Å². The highest BCUT2D eigenvalue weighted by Gasteiger charge is 2.53. The number of para-hydroxylation sites is 3. The maximum absolute atomic E-state index is 14.5. The predicted molar refractivity (Wildman–Crippen MR) is 204 cm³/mol. The summed E-state index contributed by atoms with van der Waals surface area (Å²) in [5.41, 5.74) is 12.4. The molecule has 8 aromatic rings. The fourth-order valence-corrected chi connectivity index (χ4v) is 9.31. The lowest BCUT2D eigenvalue weighted by Gasteiger charge is -2.46. The van der Waals surface area contributed by atoms with E-state index in [2.05, 4.69) is 122 Å². The van der Waals surface area contributed by atoms with Gasteiger partial charge in [-0.1, -0.05) is 117 Å². The van der Waals surface area contributed by atoms with Crippen molar-refractivity contribution in [3.8, 4) is 22.6 Å². The maximum Gasteiger partial charge on any atom is 0.202 e. The van der Waals surface area contributed by atoms with Crippen molar-refractivity contribution in [2.75, 3.05) is 4.90 Å². The van der Waals surface area contributed by atoms with Gasteiger partial charge in [0.15, 0.2) is 0 Å². The SMILES string of the molecule is CC1(C)c2ccccc2Oc2cc3c(cc21)C1(c2ccccc2-c2ccccc21)c1ccccc1N3c1cccc2oc3ccccc3c(=O)c12. The molecule has 4 nitrogen and oxygen atoms in total. The average Bonchev–Trinajstić information content (AvgIpc) is 3.45. The summed E-state index contributed by atoms with van der Waals surface area (Å²) in [7, 11) is 0. The molecular formula is C47H31NO3. The quantitative estimate of drug-likeness (QED) is 0.165. The van der Waals surface area contributed by atoms with Gasteiger partial charge in [0.1, 0.15) is 22.7 Å². The van der Waals surface area contributed by atoms with Crippen molar-refractivity contribution >= 4 is 39.0 Å². The summed E-state index contributed by atoms with van der Waals surface area (Å²) >= 11 is 0. The Kier molecular flexibility index (Phi) is 5.50. The summed E-state index contributed by atoms with van der Waals surface area (Å²) < 4.78 is 13.2. The van der Waals surface area contributed by atoms with Crippen LogP contribution in [0.5, 0.6) is 11.5 Å². The molecular weight excluding hydrogens is 627 g/mol. The van der Waals surface area contributed by atoms with Crippen LogP contribution in [-0.4, -0.2) is 0 Å². The minimum absolute atomic E-state index is 0.0532. The molecule has 0 amide bonds. The number of benzene rings is 7.